The zero-order valence-electron chi connectivity index (χ0n) is 10.1. The van der Waals surface area contributed by atoms with Crippen molar-refractivity contribution in [1.29, 1.82) is 0 Å². The van der Waals surface area contributed by atoms with Gasteiger partial charge in [-0.25, -0.2) is 4.39 Å². The Hall–Kier alpha value is -2.96. The number of nitrogens with two attached hydrogens (primary N) is 1. The minimum absolute atomic E-state index is 0.128. The second kappa shape index (κ2) is 4.61. The zero-order valence-corrected chi connectivity index (χ0v) is 10.1. The Balaban J connectivity index is 1.98. The number of benzene rings is 1. The van der Waals surface area contributed by atoms with Gasteiger partial charge in [0, 0.05) is 17.5 Å². The molecule has 0 fully saturated rings. The summed E-state index contributed by atoms with van der Waals surface area (Å²) in [5, 5.41) is 6.65. The number of rotatable bonds is 2. The molecule has 2 heterocycles. The molecule has 1 amide bonds. The van der Waals surface area contributed by atoms with Crippen LogP contribution in [0.4, 0.5) is 15.8 Å². The highest BCUT2D eigenvalue weighted by molar-refractivity contribution is 6.07. The molecule has 0 aliphatic carbocycles. The molecule has 0 saturated heterocycles. The van der Waals surface area contributed by atoms with Crippen LogP contribution in [0, 0.1) is 5.82 Å². The molecule has 3 aromatic rings. The minimum Gasteiger partial charge on any atom is -0.396 e. The van der Waals surface area contributed by atoms with Crippen LogP contribution in [0.2, 0.25) is 0 Å². The van der Waals surface area contributed by atoms with Crippen LogP contribution in [-0.2, 0) is 0 Å². The van der Waals surface area contributed by atoms with Crippen molar-refractivity contribution in [3.05, 3.63) is 48.2 Å². The summed E-state index contributed by atoms with van der Waals surface area (Å²) in [5.74, 6) is -0.863. The maximum absolute atomic E-state index is 13.1. The number of halogens is 1. The van der Waals surface area contributed by atoms with Gasteiger partial charge in [0.2, 0.25) is 0 Å². The van der Waals surface area contributed by atoms with Crippen molar-refractivity contribution < 1.29 is 13.7 Å². The average molecular weight is 272 g/mol. The molecule has 3 rings (SSSR count). The summed E-state index contributed by atoms with van der Waals surface area (Å²) in [6.07, 6.45) is 2.66. The molecular formula is C13H9FN4O2. The summed E-state index contributed by atoms with van der Waals surface area (Å²) in [7, 11) is 0. The third kappa shape index (κ3) is 2.05. The molecular weight excluding hydrogens is 263 g/mol. The lowest BCUT2D eigenvalue weighted by Crippen LogP contribution is -2.14. The first kappa shape index (κ1) is 12.1. The zero-order chi connectivity index (χ0) is 14.1. The van der Waals surface area contributed by atoms with Crippen LogP contribution >= 0.6 is 0 Å². The number of hydrogen-bond acceptors (Lipinski definition) is 5. The molecule has 0 spiro atoms. The van der Waals surface area contributed by atoms with Crippen LogP contribution in [0.15, 0.2) is 41.2 Å². The molecule has 0 saturated carbocycles. The van der Waals surface area contributed by atoms with Crippen LogP contribution in [0.25, 0.3) is 10.9 Å². The SMILES string of the molecule is Nc1c(NC(=O)c2ccon2)cnc2cc(F)ccc12. The molecule has 0 radical (unpaired) electrons. The Kier molecular flexibility index (Phi) is 2.79. The topological polar surface area (TPSA) is 94.0 Å². The molecule has 0 unspecified atom stereocenters. The van der Waals surface area contributed by atoms with Crippen LogP contribution < -0.4 is 11.1 Å². The third-order valence-corrected chi connectivity index (χ3v) is 2.79. The summed E-state index contributed by atoms with van der Waals surface area (Å²) in [6.45, 7) is 0. The summed E-state index contributed by atoms with van der Waals surface area (Å²) in [4.78, 5) is 15.9. The number of nitrogen functional groups attached to an aromatic ring is 1. The monoisotopic (exact) mass is 272 g/mol. The predicted molar refractivity (Wildman–Crippen MR) is 70.6 cm³/mol. The molecule has 0 atom stereocenters. The van der Waals surface area contributed by atoms with E-state index in [2.05, 4.69) is 20.0 Å². The first-order chi connectivity index (χ1) is 9.65. The quantitative estimate of drug-likeness (QED) is 0.745. The molecule has 2 aromatic heterocycles. The number of nitrogens with one attached hydrogen (secondary N) is 1. The van der Waals surface area contributed by atoms with E-state index in [-0.39, 0.29) is 5.69 Å². The highest BCUT2D eigenvalue weighted by Gasteiger charge is 2.13. The van der Waals surface area contributed by atoms with Crippen LogP contribution in [0.5, 0.6) is 0 Å². The highest BCUT2D eigenvalue weighted by atomic mass is 19.1. The van der Waals surface area contributed by atoms with Crippen LogP contribution in [0.3, 0.4) is 0 Å². The van der Waals surface area contributed by atoms with Crippen LogP contribution in [0.1, 0.15) is 10.5 Å². The van der Waals surface area contributed by atoms with Crippen molar-refractivity contribution in [2.75, 3.05) is 11.1 Å². The van der Waals surface area contributed by atoms with Gasteiger partial charge in [0.1, 0.15) is 12.1 Å². The summed E-state index contributed by atoms with van der Waals surface area (Å²) >= 11 is 0. The molecule has 0 aliphatic heterocycles. The Labute approximate surface area is 112 Å². The first-order valence-electron chi connectivity index (χ1n) is 5.70. The van der Waals surface area contributed by atoms with Gasteiger partial charge in [-0.05, 0) is 12.1 Å². The molecule has 0 bridgehead atoms. The largest absolute Gasteiger partial charge is 0.396 e. The second-order valence-corrected chi connectivity index (χ2v) is 4.09. The van der Waals surface area contributed by atoms with E-state index in [0.717, 1.165) is 0 Å². The lowest BCUT2D eigenvalue weighted by Gasteiger charge is -2.09. The lowest BCUT2D eigenvalue weighted by molar-refractivity contribution is 0.101. The van der Waals surface area contributed by atoms with Crippen molar-refractivity contribution in [3.63, 3.8) is 0 Å². The normalized spacial score (nSPS) is 10.7. The minimum atomic E-state index is -0.464. The molecule has 3 N–H and O–H groups in total. The van der Waals surface area contributed by atoms with E-state index in [9.17, 15) is 9.18 Å². The van der Waals surface area contributed by atoms with E-state index in [1.165, 1.54) is 36.7 Å². The third-order valence-electron chi connectivity index (χ3n) is 2.79. The van der Waals surface area contributed by atoms with Gasteiger partial charge in [0.05, 0.1) is 23.1 Å². The molecule has 0 aliphatic rings. The number of anilines is 2. The molecule has 20 heavy (non-hydrogen) atoms. The maximum atomic E-state index is 13.1. The van der Waals surface area contributed by atoms with E-state index < -0.39 is 11.7 Å². The van der Waals surface area contributed by atoms with Crippen molar-refractivity contribution in [1.82, 2.24) is 10.1 Å². The van der Waals surface area contributed by atoms with Crippen molar-refractivity contribution in [2.24, 2.45) is 0 Å². The number of carbonyl (C=O) groups is 1. The molecule has 1 aromatic carbocycles. The molecule has 6 nitrogen and oxygen atoms in total. The molecule has 100 valence electrons. The fraction of sp³-hybridized carbons (Fsp3) is 0. The Morgan fingerprint density at radius 3 is 2.95 bits per heavy atom. The molecule has 7 heteroatoms. The summed E-state index contributed by atoms with van der Waals surface area (Å²) < 4.78 is 17.7. The van der Waals surface area contributed by atoms with Gasteiger partial charge in [0.15, 0.2) is 5.69 Å². The van der Waals surface area contributed by atoms with Gasteiger partial charge in [-0.1, -0.05) is 5.16 Å². The average Bonchev–Trinajstić information content (AvgIpc) is 2.96. The first-order valence-corrected chi connectivity index (χ1v) is 5.70. The number of pyridine rings is 1. The van der Waals surface area contributed by atoms with Gasteiger partial charge in [-0.2, -0.15) is 0 Å². The van der Waals surface area contributed by atoms with Crippen molar-refractivity contribution >= 4 is 28.2 Å². The van der Waals surface area contributed by atoms with E-state index >= 15 is 0 Å². The number of hydrogen-bond donors (Lipinski definition) is 2. The Morgan fingerprint density at radius 1 is 1.35 bits per heavy atom. The smallest absolute Gasteiger partial charge is 0.277 e. The maximum Gasteiger partial charge on any atom is 0.277 e. The van der Waals surface area contributed by atoms with Gasteiger partial charge >= 0.3 is 0 Å². The number of carbonyl (C=O) groups excluding carboxylic acids is 1. The fourth-order valence-electron chi connectivity index (χ4n) is 1.80. The van der Waals surface area contributed by atoms with E-state index in [0.29, 0.717) is 22.3 Å². The van der Waals surface area contributed by atoms with Gasteiger partial charge in [-0.15, -0.1) is 0 Å². The van der Waals surface area contributed by atoms with E-state index in [1.807, 2.05) is 0 Å². The number of fused-ring (bicyclic) bond motifs is 1. The van der Waals surface area contributed by atoms with E-state index in [4.69, 9.17) is 5.73 Å². The Morgan fingerprint density at radius 2 is 2.20 bits per heavy atom. The summed E-state index contributed by atoms with van der Waals surface area (Å²) in [6, 6.07) is 5.49. The lowest BCUT2D eigenvalue weighted by atomic mass is 10.1. The van der Waals surface area contributed by atoms with Gasteiger partial charge in [-0.3, -0.25) is 9.78 Å². The van der Waals surface area contributed by atoms with Gasteiger partial charge < -0.3 is 15.6 Å². The number of aromatic nitrogens is 2. The summed E-state index contributed by atoms with van der Waals surface area (Å²) in [5.41, 5.74) is 7.14. The van der Waals surface area contributed by atoms with Crippen molar-refractivity contribution in [2.45, 2.75) is 0 Å². The second-order valence-electron chi connectivity index (χ2n) is 4.09. The standard InChI is InChI=1S/C13H9FN4O2/c14-7-1-2-8-10(5-7)16-6-11(12(8)15)17-13(19)9-3-4-20-18-9/h1-6H,(H2,15,16)(H,17,19). The van der Waals surface area contributed by atoms with E-state index in [1.54, 1.807) is 0 Å². The number of nitrogens with zero attached hydrogens (tertiary/aromatic N) is 2. The van der Waals surface area contributed by atoms with Gasteiger partial charge in [0.25, 0.3) is 5.91 Å². The van der Waals surface area contributed by atoms with Crippen molar-refractivity contribution in [3.8, 4) is 0 Å². The Bertz CT molecular complexity index is 786. The fourth-order valence-corrected chi connectivity index (χ4v) is 1.80. The van der Waals surface area contributed by atoms with Crippen LogP contribution in [-0.4, -0.2) is 16.0 Å². The number of amides is 1. The predicted octanol–water partition coefficient (Wildman–Crippen LogP) is 2.20. The highest BCUT2D eigenvalue weighted by Crippen LogP contribution is 2.27.